The second-order valence-corrected chi connectivity index (χ2v) is 8.57. The standard InChI is InChI=1S/C19H21F3N4O5S/c1-4-25(5-2)32(30,31)14-8-6-12(3)15(11-14)18(27)24-23-16-9-7-13(19(20,21)22)10-17(16)26(28)29/h6-11,23H,4-5H2,1-3H3,(H,24,27). The number of nitrogens with zero attached hydrogens (tertiary/aromatic N) is 2. The Labute approximate surface area is 182 Å². The molecule has 0 atom stereocenters. The van der Waals surface area contributed by atoms with E-state index in [0.29, 0.717) is 17.7 Å². The van der Waals surface area contributed by atoms with Gasteiger partial charge in [0, 0.05) is 24.7 Å². The topological polar surface area (TPSA) is 122 Å². The molecule has 0 bridgehead atoms. The zero-order chi connectivity index (χ0) is 24.3. The lowest BCUT2D eigenvalue weighted by Gasteiger charge is -2.19. The molecule has 0 spiro atoms. The first kappa shape index (κ1) is 25.1. The number of amides is 1. The number of aryl methyl sites for hydroxylation is 1. The smallest absolute Gasteiger partial charge is 0.292 e. The number of hydrogen-bond donors (Lipinski definition) is 2. The Kier molecular flexibility index (Phi) is 7.46. The summed E-state index contributed by atoms with van der Waals surface area (Å²) in [5, 5.41) is 11.2. The van der Waals surface area contributed by atoms with Crippen LogP contribution in [-0.4, -0.2) is 36.6 Å². The van der Waals surface area contributed by atoms with E-state index in [9.17, 15) is 36.5 Å². The Morgan fingerprint density at radius 2 is 1.75 bits per heavy atom. The number of nitrogens with one attached hydrogen (secondary N) is 2. The fraction of sp³-hybridized carbons (Fsp3) is 0.316. The van der Waals surface area contributed by atoms with Crippen LogP contribution in [-0.2, 0) is 16.2 Å². The summed E-state index contributed by atoms with van der Waals surface area (Å²) >= 11 is 0. The summed E-state index contributed by atoms with van der Waals surface area (Å²) in [4.78, 5) is 22.6. The number of rotatable bonds is 8. The molecule has 0 aliphatic carbocycles. The highest BCUT2D eigenvalue weighted by atomic mass is 32.2. The van der Waals surface area contributed by atoms with E-state index in [1.54, 1.807) is 20.8 Å². The van der Waals surface area contributed by atoms with Gasteiger partial charge in [-0.15, -0.1) is 0 Å². The van der Waals surface area contributed by atoms with Crippen LogP contribution in [0.15, 0.2) is 41.3 Å². The van der Waals surface area contributed by atoms with Crippen LogP contribution < -0.4 is 10.9 Å². The molecule has 2 N–H and O–H groups in total. The number of nitro groups is 1. The van der Waals surface area contributed by atoms with Crippen molar-refractivity contribution in [3.63, 3.8) is 0 Å². The van der Waals surface area contributed by atoms with Crippen molar-refractivity contribution in [2.75, 3.05) is 18.5 Å². The van der Waals surface area contributed by atoms with Crippen molar-refractivity contribution in [1.82, 2.24) is 9.73 Å². The van der Waals surface area contributed by atoms with E-state index < -0.39 is 38.3 Å². The van der Waals surface area contributed by atoms with Crippen molar-refractivity contribution in [2.45, 2.75) is 31.8 Å². The lowest BCUT2D eigenvalue weighted by atomic mass is 10.1. The third-order valence-electron chi connectivity index (χ3n) is 4.63. The second kappa shape index (κ2) is 9.53. The van der Waals surface area contributed by atoms with Crippen LogP contribution in [0.4, 0.5) is 24.5 Å². The van der Waals surface area contributed by atoms with E-state index >= 15 is 0 Å². The Morgan fingerprint density at radius 1 is 1.12 bits per heavy atom. The van der Waals surface area contributed by atoms with Gasteiger partial charge in [0.15, 0.2) is 0 Å². The van der Waals surface area contributed by atoms with Gasteiger partial charge in [0.05, 0.1) is 15.4 Å². The van der Waals surface area contributed by atoms with Gasteiger partial charge in [0.2, 0.25) is 10.0 Å². The lowest BCUT2D eigenvalue weighted by molar-refractivity contribution is -0.384. The molecular weight excluding hydrogens is 453 g/mol. The van der Waals surface area contributed by atoms with Crippen LogP contribution in [0.1, 0.15) is 35.3 Å². The van der Waals surface area contributed by atoms with E-state index in [-0.39, 0.29) is 29.2 Å². The van der Waals surface area contributed by atoms with E-state index in [1.807, 2.05) is 0 Å². The molecule has 174 valence electrons. The Hall–Kier alpha value is -3.19. The van der Waals surface area contributed by atoms with Crippen LogP contribution in [0.2, 0.25) is 0 Å². The molecule has 0 radical (unpaired) electrons. The van der Waals surface area contributed by atoms with Gasteiger partial charge in [-0.1, -0.05) is 19.9 Å². The molecule has 0 heterocycles. The van der Waals surface area contributed by atoms with Crippen molar-refractivity contribution in [1.29, 1.82) is 0 Å². The summed E-state index contributed by atoms with van der Waals surface area (Å²) in [5.41, 5.74) is 2.31. The van der Waals surface area contributed by atoms with Gasteiger partial charge in [0.1, 0.15) is 5.69 Å². The van der Waals surface area contributed by atoms with Crippen molar-refractivity contribution in [3.8, 4) is 0 Å². The molecule has 2 rings (SSSR count). The predicted octanol–water partition coefficient (Wildman–Crippen LogP) is 3.71. The maximum Gasteiger partial charge on any atom is 0.416 e. The fourth-order valence-electron chi connectivity index (χ4n) is 2.87. The van der Waals surface area contributed by atoms with Crippen LogP contribution in [0.5, 0.6) is 0 Å². The average Bonchev–Trinajstić information content (AvgIpc) is 2.71. The average molecular weight is 474 g/mol. The second-order valence-electron chi connectivity index (χ2n) is 6.63. The molecule has 2 aromatic carbocycles. The van der Waals surface area contributed by atoms with E-state index in [4.69, 9.17) is 0 Å². The van der Waals surface area contributed by atoms with Crippen LogP contribution >= 0.6 is 0 Å². The number of hydrazine groups is 1. The molecule has 2 aromatic rings. The largest absolute Gasteiger partial charge is 0.416 e. The van der Waals surface area contributed by atoms with E-state index in [2.05, 4.69) is 10.9 Å². The molecule has 9 nitrogen and oxygen atoms in total. The molecule has 0 unspecified atom stereocenters. The van der Waals surface area contributed by atoms with Gasteiger partial charge in [-0.3, -0.25) is 25.8 Å². The molecule has 0 fully saturated rings. The van der Waals surface area contributed by atoms with E-state index in [1.165, 1.54) is 22.5 Å². The molecule has 0 saturated heterocycles. The van der Waals surface area contributed by atoms with Crippen molar-refractivity contribution in [3.05, 3.63) is 63.2 Å². The number of anilines is 1. The Morgan fingerprint density at radius 3 is 2.28 bits per heavy atom. The highest BCUT2D eigenvalue weighted by Crippen LogP contribution is 2.34. The monoisotopic (exact) mass is 474 g/mol. The molecule has 0 aromatic heterocycles. The van der Waals surface area contributed by atoms with Crippen LogP contribution in [0.25, 0.3) is 0 Å². The summed E-state index contributed by atoms with van der Waals surface area (Å²) in [6.45, 7) is 5.36. The molecule has 0 aliphatic rings. The third kappa shape index (κ3) is 5.34. The minimum Gasteiger partial charge on any atom is -0.292 e. The quantitative estimate of drug-likeness (QED) is 0.444. The summed E-state index contributed by atoms with van der Waals surface area (Å²) < 4.78 is 65.1. The van der Waals surface area contributed by atoms with Gasteiger partial charge in [-0.25, -0.2) is 8.42 Å². The molecule has 13 heteroatoms. The maximum atomic E-state index is 12.8. The first-order valence-electron chi connectivity index (χ1n) is 9.35. The zero-order valence-electron chi connectivity index (χ0n) is 17.4. The van der Waals surface area contributed by atoms with Gasteiger partial charge < -0.3 is 0 Å². The van der Waals surface area contributed by atoms with Crippen LogP contribution in [0.3, 0.4) is 0 Å². The number of alkyl halides is 3. The van der Waals surface area contributed by atoms with Gasteiger partial charge in [0.25, 0.3) is 11.6 Å². The number of hydrogen-bond acceptors (Lipinski definition) is 6. The number of nitro benzene ring substituents is 1. The normalized spacial score (nSPS) is 12.0. The molecule has 32 heavy (non-hydrogen) atoms. The van der Waals surface area contributed by atoms with Crippen molar-refractivity contribution >= 4 is 27.3 Å². The number of carbonyl (C=O) groups is 1. The number of carbonyl (C=O) groups excluding carboxylic acids is 1. The summed E-state index contributed by atoms with van der Waals surface area (Å²) in [5.74, 6) is -0.826. The SMILES string of the molecule is CCN(CC)S(=O)(=O)c1ccc(C)c(C(=O)NNc2ccc(C(F)(F)F)cc2[N+](=O)[O-])c1. The highest BCUT2D eigenvalue weighted by Gasteiger charge is 2.33. The minimum absolute atomic E-state index is 0.0275. The number of sulfonamides is 1. The molecular formula is C19H21F3N4O5S. The summed E-state index contributed by atoms with van der Waals surface area (Å²) in [6, 6.07) is 5.75. The molecule has 0 saturated carbocycles. The first-order valence-corrected chi connectivity index (χ1v) is 10.8. The highest BCUT2D eigenvalue weighted by molar-refractivity contribution is 7.89. The fourth-order valence-corrected chi connectivity index (χ4v) is 4.36. The maximum absolute atomic E-state index is 12.8. The summed E-state index contributed by atoms with van der Waals surface area (Å²) in [6.07, 6.45) is -4.78. The number of benzene rings is 2. The first-order chi connectivity index (χ1) is 14.8. The van der Waals surface area contributed by atoms with Crippen molar-refractivity contribution in [2.24, 2.45) is 0 Å². The molecule has 0 aliphatic heterocycles. The lowest BCUT2D eigenvalue weighted by Crippen LogP contribution is -2.32. The third-order valence-corrected chi connectivity index (χ3v) is 6.68. The Bertz CT molecular complexity index is 1130. The van der Waals surface area contributed by atoms with Gasteiger partial charge in [-0.2, -0.15) is 17.5 Å². The van der Waals surface area contributed by atoms with Crippen molar-refractivity contribution < 1.29 is 31.3 Å². The zero-order valence-corrected chi connectivity index (χ0v) is 18.2. The van der Waals surface area contributed by atoms with E-state index in [0.717, 1.165) is 6.07 Å². The predicted molar refractivity (Wildman–Crippen MR) is 110 cm³/mol. The number of halogens is 3. The Balaban J connectivity index is 2.32. The molecule has 1 amide bonds. The van der Waals surface area contributed by atoms with Crippen LogP contribution in [0, 0.1) is 17.0 Å². The van der Waals surface area contributed by atoms with Gasteiger partial charge >= 0.3 is 6.18 Å². The summed E-state index contributed by atoms with van der Waals surface area (Å²) in [7, 11) is -3.84. The van der Waals surface area contributed by atoms with Gasteiger partial charge in [-0.05, 0) is 36.8 Å². The minimum atomic E-state index is -4.78.